The Bertz CT molecular complexity index is 705. The monoisotopic (exact) mass is 350 g/mol. The summed E-state index contributed by atoms with van der Waals surface area (Å²) in [4.78, 5) is 0. The minimum absolute atomic E-state index is 0.184. The molecule has 1 atom stereocenters. The molecule has 138 valence electrons. The van der Waals surface area contributed by atoms with Gasteiger partial charge in [-0.15, -0.1) is 0 Å². The van der Waals surface area contributed by atoms with Crippen molar-refractivity contribution in [2.45, 2.75) is 58.8 Å². The van der Waals surface area contributed by atoms with Gasteiger partial charge in [0.05, 0.1) is 0 Å². The molecule has 0 fully saturated rings. The highest BCUT2D eigenvalue weighted by atomic mass is 19.1. The summed E-state index contributed by atoms with van der Waals surface area (Å²) < 4.78 is 13.1. The summed E-state index contributed by atoms with van der Waals surface area (Å²) in [5.41, 5.74) is 5.05. The third-order valence-electron chi connectivity index (χ3n) is 6.09. The van der Waals surface area contributed by atoms with Crippen molar-refractivity contribution in [2.75, 3.05) is 0 Å². The van der Waals surface area contributed by atoms with E-state index >= 15 is 0 Å². The quantitative estimate of drug-likeness (QED) is 0.476. The van der Waals surface area contributed by atoms with Crippen LogP contribution in [0.2, 0.25) is 0 Å². The van der Waals surface area contributed by atoms with Crippen molar-refractivity contribution in [3.8, 4) is 11.1 Å². The van der Waals surface area contributed by atoms with E-state index in [9.17, 15) is 4.39 Å². The highest BCUT2D eigenvalue weighted by molar-refractivity contribution is 5.70. The lowest BCUT2D eigenvalue weighted by molar-refractivity contribution is 0.361. The number of halogens is 1. The Morgan fingerprint density at radius 2 is 1.46 bits per heavy atom. The lowest BCUT2D eigenvalue weighted by atomic mass is 9.82. The van der Waals surface area contributed by atoms with E-state index in [0.717, 1.165) is 23.0 Å². The summed E-state index contributed by atoms with van der Waals surface area (Å²) in [6.45, 7) is 4.64. The average molecular weight is 351 g/mol. The third-order valence-corrected chi connectivity index (χ3v) is 6.09. The van der Waals surface area contributed by atoms with Crippen LogP contribution in [0.25, 0.3) is 16.7 Å². The summed E-state index contributed by atoms with van der Waals surface area (Å²) in [6.07, 6.45) is 11.7. The minimum Gasteiger partial charge on any atom is -0.207 e. The molecule has 0 radical (unpaired) electrons. The molecule has 0 aromatic heterocycles. The summed E-state index contributed by atoms with van der Waals surface area (Å²) in [5.74, 6) is 1.61. The van der Waals surface area contributed by atoms with Crippen LogP contribution in [0.15, 0.2) is 54.6 Å². The summed E-state index contributed by atoms with van der Waals surface area (Å²) in [7, 11) is 0. The molecular formula is C25H31F. The molecule has 0 nitrogen and oxygen atoms in total. The normalized spacial score (nSPS) is 17.4. The fourth-order valence-electron chi connectivity index (χ4n) is 4.10. The van der Waals surface area contributed by atoms with Gasteiger partial charge in [0.1, 0.15) is 5.82 Å². The molecule has 0 aliphatic heterocycles. The van der Waals surface area contributed by atoms with Crippen LogP contribution in [0.5, 0.6) is 0 Å². The first-order valence-corrected chi connectivity index (χ1v) is 10.2. The van der Waals surface area contributed by atoms with E-state index in [1.807, 2.05) is 12.1 Å². The predicted octanol–water partition coefficient (Wildman–Crippen LogP) is 7.89. The first-order valence-electron chi connectivity index (χ1n) is 10.2. The van der Waals surface area contributed by atoms with Gasteiger partial charge in [-0.1, -0.05) is 75.6 Å². The molecule has 0 saturated carbocycles. The second-order valence-electron chi connectivity index (χ2n) is 7.71. The maximum Gasteiger partial charge on any atom is 0.123 e. The lowest BCUT2D eigenvalue weighted by Gasteiger charge is -2.24. The van der Waals surface area contributed by atoms with E-state index < -0.39 is 0 Å². The second kappa shape index (κ2) is 9.16. The van der Waals surface area contributed by atoms with Gasteiger partial charge in [0.2, 0.25) is 0 Å². The Hall–Kier alpha value is -1.89. The Morgan fingerprint density at radius 1 is 0.885 bits per heavy atom. The zero-order valence-corrected chi connectivity index (χ0v) is 16.2. The second-order valence-corrected chi connectivity index (χ2v) is 7.71. The standard InChI is InChI=1S/C25H31F/c1-3-19(4-2)5-6-20-7-9-21(10-8-20)22-11-13-23(14-12-22)24-15-17-25(26)18-16-24/h9,11-20H,3-8,10H2,1-2H3. The molecule has 2 aromatic rings. The first-order chi connectivity index (χ1) is 12.7. The Kier molecular flexibility index (Phi) is 6.66. The largest absolute Gasteiger partial charge is 0.207 e. The fraction of sp³-hybridized carbons (Fsp3) is 0.440. The van der Waals surface area contributed by atoms with Crippen molar-refractivity contribution in [2.24, 2.45) is 11.8 Å². The van der Waals surface area contributed by atoms with Gasteiger partial charge >= 0.3 is 0 Å². The summed E-state index contributed by atoms with van der Waals surface area (Å²) in [5, 5.41) is 0. The van der Waals surface area contributed by atoms with Crippen molar-refractivity contribution in [1.82, 2.24) is 0 Å². The average Bonchev–Trinajstić information content (AvgIpc) is 2.70. The maximum atomic E-state index is 13.1. The van der Waals surface area contributed by atoms with Gasteiger partial charge in [-0.25, -0.2) is 4.39 Å². The molecule has 1 heteroatoms. The summed E-state index contributed by atoms with van der Waals surface area (Å²) >= 11 is 0. The molecule has 0 bridgehead atoms. The molecule has 2 aromatic carbocycles. The zero-order chi connectivity index (χ0) is 18.4. The number of hydrogen-bond acceptors (Lipinski definition) is 0. The van der Waals surface area contributed by atoms with Crippen LogP contribution in [-0.4, -0.2) is 0 Å². The van der Waals surface area contributed by atoms with E-state index in [4.69, 9.17) is 0 Å². The predicted molar refractivity (Wildman–Crippen MR) is 110 cm³/mol. The van der Waals surface area contributed by atoms with Crippen molar-refractivity contribution in [3.05, 3.63) is 66.0 Å². The topological polar surface area (TPSA) is 0 Å². The molecule has 0 heterocycles. The van der Waals surface area contributed by atoms with E-state index in [1.54, 1.807) is 0 Å². The minimum atomic E-state index is -0.184. The molecule has 26 heavy (non-hydrogen) atoms. The van der Waals surface area contributed by atoms with Crippen LogP contribution in [0.4, 0.5) is 4.39 Å². The van der Waals surface area contributed by atoms with Crippen molar-refractivity contribution in [1.29, 1.82) is 0 Å². The number of hydrogen-bond donors (Lipinski definition) is 0. The molecule has 1 unspecified atom stereocenters. The van der Waals surface area contributed by atoms with E-state index in [2.05, 4.69) is 44.2 Å². The lowest BCUT2D eigenvalue weighted by Crippen LogP contribution is -2.08. The molecule has 0 spiro atoms. The van der Waals surface area contributed by atoms with Gasteiger partial charge in [0.15, 0.2) is 0 Å². The van der Waals surface area contributed by atoms with Gasteiger partial charge in [-0.2, -0.15) is 0 Å². The Balaban J connectivity index is 1.59. The number of rotatable bonds is 7. The van der Waals surface area contributed by atoms with Crippen molar-refractivity contribution < 1.29 is 4.39 Å². The van der Waals surface area contributed by atoms with E-state index in [1.165, 1.54) is 68.2 Å². The molecule has 3 rings (SSSR count). The molecule has 0 N–H and O–H groups in total. The van der Waals surface area contributed by atoms with Crippen molar-refractivity contribution >= 4 is 5.57 Å². The highest BCUT2D eigenvalue weighted by Crippen LogP contribution is 2.34. The number of allylic oxidation sites excluding steroid dienone is 2. The van der Waals surface area contributed by atoms with E-state index in [-0.39, 0.29) is 5.82 Å². The smallest absolute Gasteiger partial charge is 0.123 e. The van der Waals surface area contributed by atoms with Gasteiger partial charge in [-0.3, -0.25) is 0 Å². The zero-order valence-electron chi connectivity index (χ0n) is 16.2. The van der Waals surface area contributed by atoms with Crippen molar-refractivity contribution in [3.63, 3.8) is 0 Å². The molecule has 1 aliphatic carbocycles. The van der Waals surface area contributed by atoms with Gasteiger partial charge in [0.25, 0.3) is 0 Å². The van der Waals surface area contributed by atoms with Crippen LogP contribution < -0.4 is 0 Å². The fourth-order valence-corrected chi connectivity index (χ4v) is 4.10. The summed E-state index contributed by atoms with van der Waals surface area (Å²) in [6, 6.07) is 15.5. The van der Waals surface area contributed by atoms with E-state index in [0.29, 0.717) is 0 Å². The Morgan fingerprint density at radius 3 is 2.00 bits per heavy atom. The van der Waals surface area contributed by atoms with Crippen LogP contribution in [0, 0.1) is 17.7 Å². The van der Waals surface area contributed by atoms with Gasteiger partial charge < -0.3 is 0 Å². The molecule has 0 amide bonds. The highest BCUT2D eigenvalue weighted by Gasteiger charge is 2.16. The van der Waals surface area contributed by atoms with Crippen LogP contribution in [0.3, 0.4) is 0 Å². The van der Waals surface area contributed by atoms with Crippen LogP contribution >= 0.6 is 0 Å². The molecular weight excluding hydrogens is 319 g/mol. The first kappa shape index (κ1) is 18.9. The SMILES string of the molecule is CCC(CC)CCC1CC=C(c2ccc(-c3ccc(F)cc3)cc2)CC1. The van der Waals surface area contributed by atoms with Crippen LogP contribution in [-0.2, 0) is 0 Å². The molecule has 0 saturated heterocycles. The van der Waals surface area contributed by atoms with Gasteiger partial charge in [0, 0.05) is 0 Å². The maximum absolute atomic E-state index is 13.1. The van der Waals surface area contributed by atoms with Crippen LogP contribution in [0.1, 0.15) is 64.4 Å². The third kappa shape index (κ3) is 4.84. The van der Waals surface area contributed by atoms with Gasteiger partial charge in [-0.05, 0) is 71.9 Å². The number of benzene rings is 2. The molecule has 1 aliphatic rings. The Labute approximate surface area is 158 Å².